The predicted molar refractivity (Wildman–Crippen MR) is 88.7 cm³/mol. The minimum Gasteiger partial charge on any atom is -0.449 e. The highest BCUT2D eigenvalue weighted by atomic mass is 35.5. The molecule has 1 unspecified atom stereocenters. The molecule has 0 saturated carbocycles. The van der Waals surface area contributed by atoms with Gasteiger partial charge >= 0.3 is 5.97 Å². The zero-order valence-electron chi connectivity index (χ0n) is 13.1. The first-order valence-corrected chi connectivity index (χ1v) is 7.45. The Bertz CT molecular complexity index is 726. The Morgan fingerprint density at radius 3 is 2.48 bits per heavy atom. The minimum absolute atomic E-state index is 0.0411. The number of hydrogen-bond acceptors (Lipinski definition) is 4. The second kappa shape index (κ2) is 7.24. The molecule has 0 aliphatic carbocycles. The van der Waals surface area contributed by atoms with E-state index in [9.17, 15) is 9.59 Å². The van der Waals surface area contributed by atoms with E-state index < -0.39 is 18.0 Å². The SMILES string of the molecule is Cc1cc(C)cc(NC(=O)C(C)OC(=O)c2cccnc2Cl)c1. The molecule has 0 fully saturated rings. The van der Waals surface area contributed by atoms with Crippen molar-refractivity contribution in [2.75, 3.05) is 5.32 Å². The number of amides is 1. The van der Waals surface area contributed by atoms with Gasteiger partial charge in [-0.2, -0.15) is 0 Å². The van der Waals surface area contributed by atoms with Gasteiger partial charge in [-0.05, 0) is 56.2 Å². The van der Waals surface area contributed by atoms with Gasteiger partial charge in [0.05, 0.1) is 5.56 Å². The third-order valence-electron chi connectivity index (χ3n) is 3.12. The summed E-state index contributed by atoms with van der Waals surface area (Å²) in [7, 11) is 0. The van der Waals surface area contributed by atoms with Crippen LogP contribution in [-0.2, 0) is 9.53 Å². The molecule has 0 aliphatic heterocycles. The van der Waals surface area contributed by atoms with Crippen molar-refractivity contribution in [1.29, 1.82) is 0 Å². The lowest BCUT2D eigenvalue weighted by molar-refractivity contribution is -0.123. The zero-order valence-corrected chi connectivity index (χ0v) is 13.8. The molecule has 0 spiro atoms. The molecule has 1 aromatic carbocycles. The lowest BCUT2D eigenvalue weighted by Crippen LogP contribution is -2.30. The van der Waals surface area contributed by atoms with Gasteiger partial charge in [-0.3, -0.25) is 4.79 Å². The fourth-order valence-electron chi connectivity index (χ4n) is 2.11. The van der Waals surface area contributed by atoms with Gasteiger partial charge in [0.1, 0.15) is 5.15 Å². The molecule has 0 aliphatic rings. The number of nitrogens with one attached hydrogen (secondary N) is 1. The molecule has 23 heavy (non-hydrogen) atoms. The number of nitrogens with zero attached hydrogens (tertiary/aromatic N) is 1. The molecule has 0 bridgehead atoms. The molecular weight excluding hydrogens is 316 g/mol. The number of aromatic nitrogens is 1. The van der Waals surface area contributed by atoms with E-state index in [1.54, 1.807) is 6.07 Å². The van der Waals surface area contributed by atoms with Crippen molar-refractivity contribution < 1.29 is 14.3 Å². The number of hydrogen-bond donors (Lipinski definition) is 1. The molecule has 120 valence electrons. The highest BCUT2D eigenvalue weighted by Crippen LogP contribution is 2.16. The Hall–Kier alpha value is -2.40. The fraction of sp³-hybridized carbons (Fsp3) is 0.235. The van der Waals surface area contributed by atoms with E-state index in [0.717, 1.165) is 11.1 Å². The number of aryl methyl sites for hydroxylation is 2. The Kier molecular flexibility index (Phi) is 5.34. The molecule has 1 atom stereocenters. The standard InChI is InChI=1S/C17H17ClN2O3/c1-10-7-11(2)9-13(8-10)20-16(21)12(3)23-17(22)14-5-4-6-19-15(14)18/h4-9,12H,1-3H3,(H,20,21). The first kappa shape index (κ1) is 17.0. The van der Waals surface area contributed by atoms with Crippen LogP contribution in [0.4, 0.5) is 5.69 Å². The number of ether oxygens (including phenoxy) is 1. The average Bonchev–Trinajstić information content (AvgIpc) is 2.46. The van der Waals surface area contributed by atoms with Gasteiger partial charge in [0.25, 0.3) is 5.91 Å². The molecule has 1 N–H and O–H groups in total. The zero-order chi connectivity index (χ0) is 17.0. The molecule has 1 heterocycles. The number of rotatable bonds is 4. The van der Waals surface area contributed by atoms with Crippen LogP contribution < -0.4 is 5.32 Å². The van der Waals surface area contributed by atoms with E-state index in [1.165, 1.54) is 19.2 Å². The number of pyridine rings is 1. The highest BCUT2D eigenvalue weighted by molar-refractivity contribution is 6.32. The third kappa shape index (κ3) is 4.53. The summed E-state index contributed by atoms with van der Waals surface area (Å²) >= 11 is 5.83. The first-order chi connectivity index (χ1) is 10.9. The molecule has 6 heteroatoms. The molecule has 2 rings (SSSR count). The monoisotopic (exact) mass is 332 g/mol. The summed E-state index contributed by atoms with van der Waals surface area (Å²) < 4.78 is 5.14. The summed E-state index contributed by atoms with van der Waals surface area (Å²) in [5.74, 6) is -1.10. The predicted octanol–water partition coefficient (Wildman–Crippen LogP) is 3.54. The van der Waals surface area contributed by atoms with Crippen molar-refractivity contribution in [1.82, 2.24) is 4.98 Å². The highest BCUT2D eigenvalue weighted by Gasteiger charge is 2.21. The van der Waals surface area contributed by atoms with Crippen LogP contribution in [0.3, 0.4) is 0 Å². The third-order valence-corrected chi connectivity index (χ3v) is 3.42. The number of anilines is 1. The maximum absolute atomic E-state index is 12.1. The van der Waals surface area contributed by atoms with Crippen LogP contribution in [0.1, 0.15) is 28.4 Å². The summed E-state index contributed by atoms with van der Waals surface area (Å²) in [5, 5.41) is 2.77. The van der Waals surface area contributed by atoms with Crippen LogP contribution in [-0.4, -0.2) is 23.0 Å². The smallest absolute Gasteiger partial charge is 0.342 e. The largest absolute Gasteiger partial charge is 0.449 e. The van der Waals surface area contributed by atoms with E-state index in [-0.39, 0.29) is 10.7 Å². The topological polar surface area (TPSA) is 68.3 Å². The Morgan fingerprint density at radius 1 is 1.22 bits per heavy atom. The van der Waals surface area contributed by atoms with E-state index >= 15 is 0 Å². The lowest BCUT2D eigenvalue weighted by atomic mass is 10.1. The Morgan fingerprint density at radius 2 is 1.87 bits per heavy atom. The van der Waals surface area contributed by atoms with Crippen LogP contribution in [0.25, 0.3) is 0 Å². The molecular formula is C17H17ClN2O3. The second-order valence-electron chi connectivity index (χ2n) is 5.25. The first-order valence-electron chi connectivity index (χ1n) is 7.07. The maximum atomic E-state index is 12.1. The van der Waals surface area contributed by atoms with Gasteiger partial charge in [0.15, 0.2) is 6.10 Å². The number of carbonyl (C=O) groups is 2. The van der Waals surface area contributed by atoms with Crippen molar-refractivity contribution in [2.45, 2.75) is 26.9 Å². The van der Waals surface area contributed by atoms with Crippen LogP contribution in [0.15, 0.2) is 36.5 Å². The van der Waals surface area contributed by atoms with Gasteiger partial charge < -0.3 is 10.1 Å². The van der Waals surface area contributed by atoms with E-state index in [2.05, 4.69) is 10.3 Å². The summed E-state index contributed by atoms with van der Waals surface area (Å²) in [6.45, 7) is 5.38. The van der Waals surface area contributed by atoms with E-state index in [1.807, 2.05) is 32.0 Å². The quantitative estimate of drug-likeness (QED) is 0.687. The van der Waals surface area contributed by atoms with Gasteiger partial charge in [0.2, 0.25) is 0 Å². The van der Waals surface area contributed by atoms with Crippen molar-refractivity contribution in [2.24, 2.45) is 0 Å². The van der Waals surface area contributed by atoms with Crippen LogP contribution in [0.2, 0.25) is 5.15 Å². The van der Waals surface area contributed by atoms with E-state index in [4.69, 9.17) is 16.3 Å². The molecule has 1 amide bonds. The number of benzene rings is 1. The van der Waals surface area contributed by atoms with E-state index in [0.29, 0.717) is 5.69 Å². The molecule has 0 saturated heterocycles. The number of esters is 1. The summed E-state index contributed by atoms with van der Waals surface area (Å²) in [6, 6.07) is 8.76. The number of carbonyl (C=O) groups excluding carboxylic acids is 2. The summed E-state index contributed by atoms with van der Waals surface area (Å²) in [6.07, 6.45) is 0.509. The summed E-state index contributed by atoms with van der Waals surface area (Å²) in [5.41, 5.74) is 2.86. The van der Waals surface area contributed by atoms with Crippen molar-refractivity contribution in [3.8, 4) is 0 Å². The van der Waals surface area contributed by atoms with Crippen LogP contribution in [0.5, 0.6) is 0 Å². The van der Waals surface area contributed by atoms with Crippen molar-refractivity contribution >= 4 is 29.2 Å². The number of halogens is 1. The molecule has 2 aromatic rings. The van der Waals surface area contributed by atoms with Gasteiger partial charge in [0, 0.05) is 11.9 Å². The molecule has 1 aromatic heterocycles. The molecule has 0 radical (unpaired) electrons. The van der Waals surface area contributed by atoms with Crippen molar-refractivity contribution in [3.63, 3.8) is 0 Å². The minimum atomic E-state index is -0.959. The fourth-order valence-corrected chi connectivity index (χ4v) is 2.30. The van der Waals surface area contributed by atoms with Gasteiger partial charge in [-0.15, -0.1) is 0 Å². The maximum Gasteiger partial charge on any atom is 0.342 e. The van der Waals surface area contributed by atoms with Crippen molar-refractivity contribution in [3.05, 3.63) is 58.4 Å². The summed E-state index contributed by atoms with van der Waals surface area (Å²) in [4.78, 5) is 28.0. The average molecular weight is 333 g/mol. The van der Waals surface area contributed by atoms with Crippen LogP contribution in [0, 0.1) is 13.8 Å². The Balaban J connectivity index is 2.02. The Labute approximate surface area is 139 Å². The van der Waals surface area contributed by atoms with Gasteiger partial charge in [-0.1, -0.05) is 17.7 Å². The lowest BCUT2D eigenvalue weighted by Gasteiger charge is -2.14. The molecule has 5 nitrogen and oxygen atoms in total. The second-order valence-corrected chi connectivity index (χ2v) is 5.61. The van der Waals surface area contributed by atoms with Crippen LogP contribution >= 0.6 is 11.6 Å². The normalized spacial score (nSPS) is 11.7. The van der Waals surface area contributed by atoms with Gasteiger partial charge in [-0.25, -0.2) is 9.78 Å².